The molecular formula is C18H29FIN5O2. The number of methoxy groups -OCH3 is 1. The molecule has 0 spiro atoms. The highest BCUT2D eigenvalue weighted by molar-refractivity contribution is 14.0. The second-order valence-electron chi connectivity index (χ2n) is 6.45. The molecule has 0 radical (unpaired) electrons. The summed E-state index contributed by atoms with van der Waals surface area (Å²) in [5, 5.41) is 6.65. The molecule has 27 heavy (non-hydrogen) atoms. The number of aliphatic imine (C=N–C) groups is 1. The number of nitrogens with one attached hydrogen (secondary N) is 2. The van der Waals surface area contributed by atoms with Gasteiger partial charge in [-0.2, -0.15) is 0 Å². The zero-order chi connectivity index (χ0) is 18.9. The van der Waals surface area contributed by atoms with Gasteiger partial charge in [0.05, 0.1) is 13.2 Å². The van der Waals surface area contributed by atoms with Crippen LogP contribution in [0.2, 0.25) is 0 Å². The SMILES string of the molecule is CN=C(NCc1ccc(F)c(COC)c1)NC1CCN(CC(N)=O)CC1.I. The molecule has 1 aliphatic heterocycles. The van der Waals surface area contributed by atoms with Crippen molar-refractivity contribution in [3.63, 3.8) is 0 Å². The van der Waals surface area contributed by atoms with Crippen molar-refractivity contribution in [3.05, 3.63) is 35.1 Å². The Morgan fingerprint density at radius 1 is 1.41 bits per heavy atom. The maximum absolute atomic E-state index is 13.7. The first-order valence-corrected chi connectivity index (χ1v) is 8.76. The molecule has 152 valence electrons. The number of hydrogen-bond donors (Lipinski definition) is 3. The van der Waals surface area contributed by atoms with Crippen molar-refractivity contribution >= 4 is 35.8 Å². The smallest absolute Gasteiger partial charge is 0.231 e. The summed E-state index contributed by atoms with van der Waals surface area (Å²) < 4.78 is 18.7. The van der Waals surface area contributed by atoms with Gasteiger partial charge in [-0.3, -0.25) is 14.7 Å². The molecule has 0 bridgehead atoms. The highest BCUT2D eigenvalue weighted by atomic mass is 127. The van der Waals surface area contributed by atoms with E-state index in [1.54, 1.807) is 26.3 Å². The molecule has 4 N–H and O–H groups in total. The average molecular weight is 493 g/mol. The molecule has 0 saturated carbocycles. The van der Waals surface area contributed by atoms with Gasteiger partial charge in [-0.05, 0) is 30.5 Å². The number of benzene rings is 1. The third-order valence-electron chi connectivity index (χ3n) is 4.40. The Labute approximate surface area is 176 Å². The Hall–Kier alpha value is -1.46. The Bertz CT molecular complexity index is 636. The van der Waals surface area contributed by atoms with Crippen LogP contribution >= 0.6 is 24.0 Å². The number of halogens is 2. The highest BCUT2D eigenvalue weighted by Gasteiger charge is 2.20. The fourth-order valence-corrected chi connectivity index (χ4v) is 3.03. The van der Waals surface area contributed by atoms with Gasteiger partial charge < -0.3 is 21.1 Å². The van der Waals surface area contributed by atoms with Crippen molar-refractivity contribution < 1.29 is 13.9 Å². The normalized spacial score (nSPS) is 15.9. The van der Waals surface area contributed by atoms with E-state index in [4.69, 9.17) is 10.5 Å². The molecule has 0 unspecified atom stereocenters. The first-order valence-electron chi connectivity index (χ1n) is 8.76. The number of hydrogen-bond acceptors (Lipinski definition) is 4. The number of rotatable bonds is 7. The lowest BCUT2D eigenvalue weighted by molar-refractivity contribution is -0.119. The van der Waals surface area contributed by atoms with Gasteiger partial charge in [-0.25, -0.2) is 4.39 Å². The molecule has 1 saturated heterocycles. The summed E-state index contributed by atoms with van der Waals surface area (Å²) in [7, 11) is 3.27. The van der Waals surface area contributed by atoms with Crippen LogP contribution in [0.1, 0.15) is 24.0 Å². The standard InChI is InChI=1S/C18H28FN5O2.HI/c1-21-18(23-15-5-7-24(8-6-15)11-17(20)25)22-10-13-3-4-16(19)14(9-13)12-26-2;/h3-4,9,15H,5-8,10-12H2,1-2H3,(H2,20,25)(H2,21,22,23);1H. The molecule has 0 aromatic heterocycles. The van der Waals surface area contributed by atoms with Gasteiger partial charge in [0.25, 0.3) is 0 Å². The van der Waals surface area contributed by atoms with Crippen LogP contribution in [0.25, 0.3) is 0 Å². The van der Waals surface area contributed by atoms with Crippen LogP contribution in [-0.2, 0) is 22.7 Å². The summed E-state index contributed by atoms with van der Waals surface area (Å²) in [6.07, 6.45) is 1.84. The van der Waals surface area contributed by atoms with Crippen molar-refractivity contribution in [1.29, 1.82) is 0 Å². The van der Waals surface area contributed by atoms with E-state index in [1.807, 2.05) is 0 Å². The van der Waals surface area contributed by atoms with Gasteiger partial charge in [0, 0.05) is 45.4 Å². The third kappa shape index (κ3) is 7.97. The molecule has 1 aliphatic rings. The summed E-state index contributed by atoms with van der Waals surface area (Å²) in [5.74, 6) is 0.151. The maximum Gasteiger partial charge on any atom is 0.231 e. The summed E-state index contributed by atoms with van der Waals surface area (Å²) in [6.45, 7) is 2.76. The minimum Gasteiger partial charge on any atom is -0.380 e. The average Bonchev–Trinajstić information content (AvgIpc) is 2.62. The van der Waals surface area contributed by atoms with E-state index in [0.29, 0.717) is 30.7 Å². The number of guanidine groups is 1. The van der Waals surface area contributed by atoms with Crippen LogP contribution in [0.4, 0.5) is 4.39 Å². The lowest BCUT2D eigenvalue weighted by Crippen LogP contribution is -2.49. The Kier molecular flexibility index (Phi) is 10.6. The fourth-order valence-electron chi connectivity index (χ4n) is 3.03. The van der Waals surface area contributed by atoms with Crippen LogP contribution in [-0.4, -0.2) is 56.6 Å². The molecule has 7 nitrogen and oxygen atoms in total. The van der Waals surface area contributed by atoms with E-state index in [2.05, 4.69) is 20.5 Å². The number of amides is 1. The predicted octanol–water partition coefficient (Wildman–Crippen LogP) is 1.20. The third-order valence-corrected chi connectivity index (χ3v) is 4.40. The molecule has 1 aromatic rings. The molecule has 0 atom stereocenters. The molecule has 1 aromatic carbocycles. The van der Waals surface area contributed by atoms with Crippen molar-refractivity contribution in [2.45, 2.75) is 32.0 Å². The predicted molar refractivity (Wildman–Crippen MR) is 115 cm³/mol. The molecule has 0 aliphatic carbocycles. The number of nitrogens with two attached hydrogens (primary N) is 1. The largest absolute Gasteiger partial charge is 0.380 e. The Morgan fingerprint density at radius 3 is 2.70 bits per heavy atom. The topological polar surface area (TPSA) is 92.0 Å². The van der Waals surface area contributed by atoms with Crippen molar-refractivity contribution in [3.8, 4) is 0 Å². The quantitative estimate of drug-likeness (QED) is 0.302. The van der Waals surface area contributed by atoms with Crippen molar-refractivity contribution in [2.24, 2.45) is 10.7 Å². The van der Waals surface area contributed by atoms with Crippen LogP contribution in [0.3, 0.4) is 0 Å². The second kappa shape index (κ2) is 12.1. The fraction of sp³-hybridized carbons (Fsp3) is 0.556. The minimum atomic E-state index is -0.291. The van der Waals surface area contributed by atoms with E-state index < -0.39 is 0 Å². The van der Waals surface area contributed by atoms with Crippen LogP contribution < -0.4 is 16.4 Å². The molecule has 9 heteroatoms. The summed E-state index contributed by atoms with van der Waals surface area (Å²) in [5.41, 5.74) is 6.73. The molecule has 1 heterocycles. The Morgan fingerprint density at radius 2 is 2.11 bits per heavy atom. The number of carbonyl (C=O) groups is 1. The number of primary amides is 1. The number of nitrogens with zero attached hydrogens (tertiary/aromatic N) is 2. The molecule has 1 fully saturated rings. The van der Waals surface area contributed by atoms with Gasteiger partial charge in [0.1, 0.15) is 5.82 Å². The van der Waals surface area contributed by atoms with Gasteiger partial charge in [0.15, 0.2) is 5.96 Å². The van der Waals surface area contributed by atoms with Crippen LogP contribution in [0.15, 0.2) is 23.2 Å². The number of likely N-dealkylation sites (tertiary alicyclic amines) is 1. The van der Waals surface area contributed by atoms with E-state index in [-0.39, 0.29) is 42.3 Å². The highest BCUT2D eigenvalue weighted by Crippen LogP contribution is 2.12. The molecule has 2 rings (SSSR count). The van der Waals surface area contributed by atoms with Crippen LogP contribution in [0, 0.1) is 5.82 Å². The monoisotopic (exact) mass is 493 g/mol. The number of piperidine rings is 1. The van der Waals surface area contributed by atoms with E-state index in [0.717, 1.165) is 31.5 Å². The van der Waals surface area contributed by atoms with Crippen molar-refractivity contribution in [2.75, 3.05) is 33.8 Å². The first kappa shape index (κ1) is 23.6. The summed E-state index contributed by atoms with van der Waals surface area (Å²) in [4.78, 5) is 17.3. The summed E-state index contributed by atoms with van der Waals surface area (Å²) in [6, 6.07) is 5.29. The van der Waals surface area contributed by atoms with Gasteiger partial charge in [0.2, 0.25) is 5.91 Å². The lowest BCUT2D eigenvalue weighted by atomic mass is 10.1. The van der Waals surface area contributed by atoms with Crippen molar-refractivity contribution in [1.82, 2.24) is 15.5 Å². The molecular weight excluding hydrogens is 464 g/mol. The zero-order valence-electron chi connectivity index (χ0n) is 15.8. The van der Waals surface area contributed by atoms with E-state index in [9.17, 15) is 9.18 Å². The number of ether oxygens (including phenoxy) is 1. The lowest BCUT2D eigenvalue weighted by Gasteiger charge is -2.32. The van der Waals surface area contributed by atoms with Gasteiger partial charge >= 0.3 is 0 Å². The molecule has 1 amide bonds. The van der Waals surface area contributed by atoms with Crippen LogP contribution in [0.5, 0.6) is 0 Å². The van der Waals surface area contributed by atoms with E-state index in [1.165, 1.54) is 6.07 Å². The van der Waals surface area contributed by atoms with Gasteiger partial charge in [-0.1, -0.05) is 6.07 Å². The zero-order valence-corrected chi connectivity index (χ0v) is 18.2. The maximum atomic E-state index is 13.7. The first-order chi connectivity index (χ1) is 12.5. The minimum absolute atomic E-state index is 0. The number of carbonyl (C=O) groups excluding carboxylic acids is 1. The Balaban J connectivity index is 0.00000364. The second-order valence-corrected chi connectivity index (χ2v) is 6.45. The summed E-state index contributed by atoms with van der Waals surface area (Å²) >= 11 is 0. The van der Waals surface area contributed by atoms with Gasteiger partial charge in [-0.15, -0.1) is 24.0 Å². The van der Waals surface area contributed by atoms with E-state index >= 15 is 0 Å².